The number of likely N-dealkylation sites (tertiary alicyclic amines) is 1. The Morgan fingerprint density at radius 3 is 2.57 bits per heavy atom. The Kier molecular flexibility index (Phi) is 4.81. The Labute approximate surface area is 85.2 Å². The van der Waals surface area contributed by atoms with E-state index in [-0.39, 0.29) is 12.6 Å². The fourth-order valence-electron chi connectivity index (χ4n) is 1.92. The molecular formula is C10H21NO3. The molecule has 1 saturated heterocycles. The summed E-state index contributed by atoms with van der Waals surface area (Å²) in [6, 6.07) is 0.0138. The molecule has 0 aliphatic carbocycles. The maximum atomic E-state index is 9.49. The maximum Gasteiger partial charge on any atom is 0.0926 e. The first-order valence-electron chi connectivity index (χ1n) is 5.40. The minimum atomic E-state index is -0.676. The standard InChI is InChI=1S/C10H21NO3/c1-2-3-4-11-6-10(14)9(13)5-8(11)7-12/h8-10,12-14H,2-7H2,1H3/t8-,9-,10-/m0/s1. The number of aliphatic hydroxyl groups is 3. The molecule has 0 bridgehead atoms. The predicted molar refractivity (Wildman–Crippen MR) is 54.0 cm³/mol. The second-order valence-electron chi connectivity index (χ2n) is 4.06. The van der Waals surface area contributed by atoms with E-state index in [1.54, 1.807) is 0 Å². The Hall–Kier alpha value is -0.160. The third-order valence-corrected chi connectivity index (χ3v) is 2.91. The third kappa shape index (κ3) is 2.92. The van der Waals surface area contributed by atoms with Crippen LogP contribution in [-0.4, -0.2) is 58.2 Å². The van der Waals surface area contributed by atoms with E-state index in [1.165, 1.54) is 0 Å². The number of aliphatic hydroxyl groups excluding tert-OH is 3. The molecule has 0 aromatic carbocycles. The van der Waals surface area contributed by atoms with Gasteiger partial charge in [0.05, 0.1) is 18.8 Å². The molecule has 1 fully saturated rings. The van der Waals surface area contributed by atoms with Gasteiger partial charge >= 0.3 is 0 Å². The third-order valence-electron chi connectivity index (χ3n) is 2.91. The maximum absolute atomic E-state index is 9.49. The summed E-state index contributed by atoms with van der Waals surface area (Å²) in [6.45, 7) is 3.55. The fourth-order valence-corrected chi connectivity index (χ4v) is 1.92. The summed E-state index contributed by atoms with van der Waals surface area (Å²) in [5.74, 6) is 0. The van der Waals surface area contributed by atoms with Gasteiger partial charge in [0.15, 0.2) is 0 Å². The highest BCUT2D eigenvalue weighted by atomic mass is 16.3. The molecule has 0 amide bonds. The van der Waals surface area contributed by atoms with E-state index in [0.29, 0.717) is 13.0 Å². The van der Waals surface area contributed by atoms with Gasteiger partial charge in [-0.15, -0.1) is 0 Å². The minimum Gasteiger partial charge on any atom is -0.395 e. The van der Waals surface area contributed by atoms with Gasteiger partial charge in [0, 0.05) is 12.6 Å². The highest BCUT2D eigenvalue weighted by molar-refractivity contribution is 4.86. The van der Waals surface area contributed by atoms with Crippen molar-refractivity contribution in [2.24, 2.45) is 0 Å². The molecule has 0 radical (unpaired) electrons. The molecule has 3 N–H and O–H groups in total. The van der Waals surface area contributed by atoms with Crippen LogP contribution in [-0.2, 0) is 0 Å². The van der Waals surface area contributed by atoms with Crippen LogP contribution in [0, 0.1) is 0 Å². The number of β-amino-alcohol motifs (C(OH)–C–C–N with tert-alkyl or cyclic N) is 1. The highest BCUT2D eigenvalue weighted by Gasteiger charge is 2.32. The van der Waals surface area contributed by atoms with E-state index in [1.807, 2.05) is 0 Å². The van der Waals surface area contributed by atoms with Crippen molar-refractivity contribution in [2.45, 2.75) is 44.4 Å². The highest BCUT2D eigenvalue weighted by Crippen LogP contribution is 2.18. The zero-order chi connectivity index (χ0) is 10.6. The Balaban J connectivity index is 2.45. The van der Waals surface area contributed by atoms with Gasteiger partial charge in [0.1, 0.15) is 0 Å². The summed E-state index contributed by atoms with van der Waals surface area (Å²) >= 11 is 0. The molecule has 1 aliphatic heterocycles. The van der Waals surface area contributed by atoms with Gasteiger partial charge in [0.2, 0.25) is 0 Å². The number of rotatable bonds is 4. The van der Waals surface area contributed by atoms with E-state index >= 15 is 0 Å². The molecule has 4 heteroatoms. The normalized spacial score (nSPS) is 34.7. The lowest BCUT2D eigenvalue weighted by molar-refractivity contribution is -0.0709. The van der Waals surface area contributed by atoms with Gasteiger partial charge in [-0.05, 0) is 19.4 Å². The van der Waals surface area contributed by atoms with Gasteiger partial charge in [-0.2, -0.15) is 0 Å². The van der Waals surface area contributed by atoms with Gasteiger partial charge in [-0.25, -0.2) is 0 Å². The zero-order valence-corrected chi connectivity index (χ0v) is 8.76. The number of nitrogens with zero attached hydrogens (tertiary/aromatic N) is 1. The van der Waals surface area contributed by atoms with Crippen molar-refractivity contribution >= 4 is 0 Å². The molecule has 0 aromatic rings. The average Bonchev–Trinajstić information content (AvgIpc) is 2.19. The molecule has 1 rings (SSSR count). The Bertz CT molecular complexity index is 165. The molecular weight excluding hydrogens is 182 g/mol. The van der Waals surface area contributed by atoms with Crippen LogP contribution in [0.25, 0.3) is 0 Å². The van der Waals surface area contributed by atoms with Crippen LogP contribution in [0.5, 0.6) is 0 Å². The van der Waals surface area contributed by atoms with Crippen LogP contribution in [0.2, 0.25) is 0 Å². The molecule has 0 aromatic heterocycles. The lowest BCUT2D eigenvalue weighted by Gasteiger charge is -2.39. The van der Waals surface area contributed by atoms with Gasteiger partial charge in [-0.3, -0.25) is 4.90 Å². The van der Waals surface area contributed by atoms with Crippen LogP contribution in [0.4, 0.5) is 0 Å². The minimum absolute atomic E-state index is 0.0138. The molecule has 3 atom stereocenters. The first-order valence-corrected chi connectivity index (χ1v) is 5.40. The van der Waals surface area contributed by atoms with Crippen molar-refractivity contribution in [1.29, 1.82) is 0 Å². The smallest absolute Gasteiger partial charge is 0.0926 e. The summed E-state index contributed by atoms with van der Waals surface area (Å²) in [7, 11) is 0. The summed E-state index contributed by atoms with van der Waals surface area (Å²) in [5, 5.41) is 28.1. The lowest BCUT2D eigenvalue weighted by Crippen LogP contribution is -2.53. The largest absolute Gasteiger partial charge is 0.395 e. The average molecular weight is 203 g/mol. The second-order valence-corrected chi connectivity index (χ2v) is 4.06. The second kappa shape index (κ2) is 5.66. The number of hydrogen-bond donors (Lipinski definition) is 3. The van der Waals surface area contributed by atoms with Crippen LogP contribution in [0.3, 0.4) is 0 Å². The van der Waals surface area contributed by atoms with Crippen LogP contribution in [0.1, 0.15) is 26.2 Å². The molecule has 0 unspecified atom stereocenters. The number of unbranched alkanes of at least 4 members (excludes halogenated alkanes) is 1. The molecule has 0 spiro atoms. The molecule has 1 heterocycles. The predicted octanol–water partition coefficient (Wildman–Crippen LogP) is -0.425. The quantitative estimate of drug-likeness (QED) is 0.580. The van der Waals surface area contributed by atoms with Gasteiger partial charge in [0.25, 0.3) is 0 Å². The number of hydrogen-bond acceptors (Lipinski definition) is 4. The van der Waals surface area contributed by atoms with E-state index in [9.17, 15) is 10.2 Å². The molecule has 0 saturated carbocycles. The van der Waals surface area contributed by atoms with E-state index in [0.717, 1.165) is 19.4 Å². The van der Waals surface area contributed by atoms with Crippen molar-refractivity contribution in [3.05, 3.63) is 0 Å². The van der Waals surface area contributed by atoms with Crippen molar-refractivity contribution in [1.82, 2.24) is 4.90 Å². The molecule has 4 nitrogen and oxygen atoms in total. The summed E-state index contributed by atoms with van der Waals surface area (Å²) in [5.41, 5.74) is 0. The Morgan fingerprint density at radius 2 is 2.00 bits per heavy atom. The van der Waals surface area contributed by atoms with Crippen molar-refractivity contribution < 1.29 is 15.3 Å². The molecule has 1 aliphatic rings. The van der Waals surface area contributed by atoms with E-state index < -0.39 is 12.2 Å². The van der Waals surface area contributed by atoms with Crippen LogP contribution >= 0.6 is 0 Å². The molecule has 14 heavy (non-hydrogen) atoms. The summed E-state index contributed by atoms with van der Waals surface area (Å²) in [6.07, 6.45) is 1.31. The van der Waals surface area contributed by atoms with Crippen molar-refractivity contribution in [3.8, 4) is 0 Å². The fraction of sp³-hybridized carbons (Fsp3) is 1.00. The van der Waals surface area contributed by atoms with Crippen LogP contribution in [0.15, 0.2) is 0 Å². The van der Waals surface area contributed by atoms with Crippen molar-refractivity contribution in [2.75, 3.05) is 19.7 Å². The lowest BCUT2D eigenvalue weighted by atomic mass is 9.97. The van der Waals surface area contributed by atoms with E-state index in [2.05, 4.69) is 11.8 Å². The van der Waals surface area contributed by atoms with Crippen LogP contribution < -0.4 is 0 Å². The van der Waals surface area contributed by atoms with Gasteiger partial charge < -0.3 is 15.3 Å². The topological polar surface area (TPSA) is 63.9 Å². The SMILES string of the molecule is CCCCN1C[C@H](O)[C@@H](O)C[C@H]1CO. The zero-order valence-electron chi connectivity index (χ0n) is 8.76. The monoisotopic (exact) mass is 203 g/mol. The van der Waals surface area contributed by atoms with E-state index in [4.69, 9.17) is 5.11 Å². The van der Waals surface area contributed by atoms with Gasteiger partial charge in [-0.1, -0.05) is 13.3 Å². The van der Waals surface area contributed by atoms with Crippen molar-refractivity contribution in [3.63, 3.8) is 0 Å². The number of piperidine rings is 1. The molecule has 84 valence electrons. The first-order chi connectivity index (χ1) is 6.69. The summed E-state index contributed by atoms with van der Waals surface area (Å²) in [4.78, 5) is 2.07. The summed E-state index contributed by atoms with van der Waals surface area (Å²) < 4.78 is 0. The Morgan fingerprint density at radius 1 is 1.29 bits per heavy atom. The first kappa shape index (κ1) is 11.9.